The minimum absolute atomic E-state index is 0. The number of hydrogen-bond acceptors (Lipinski definition) is 2. The van der Waals surface area contributed by atoms with Crippen LogP contribution in [0.4, 0.5) is 0 Å². The van der Waals surface area contributed by atoms with Crippen molar-refractivity contribution in [3.63, 3.8) is 0 Å². The van der Waals surface area contributed by atoms with E-state index in [1.165, 1.54) is 0 Å². The summed E-state index contributed by atoms with van der Waals surface area (Å²) in [5.41, 5.74) is 0.782. The summed E-state index contributed by atoms with van der Waals surface area (Å²) in [6, 6.07) is 0. The molecule has 1 aliphatic rings. The van der Waals surface area contributed by atoms with E-state index >= 15 is 0 Å². The van der Waals surface area contributed by atoms with Crippen LogP contribution in [-0.4, -0.2) is 18.2 Å². The van der Waals surface area contributed by atoms with Crippen LogP contribution in [0.2, 0.25) is 0 Å². The van der Waals surface area contributed by atoms with Crippen molar-refractivity contribution in [3.8, 4) is 0 Å². The van der Waals surface area contributed by atoms with Crippen LogP contribution in [0, 0.1) is 11.8 Å². The van der Waals surface area contributed by atoms with Gasteiger partial charge in [-0.05, 0) is 31.6 Å². The third kappa shape index (κ3) is 4.19. The zero-order chi connectivity index (χ0) is 10.9. The normalized spacial score (nSPS) is 27.1. The first-order valence-electron chi connectivity index (χ1n) is 4.95. The molecule has 1 aliphatic carbocycles. The second kappa shape index (κ2) is 5.82. The Morgan fingerprint density at radius 1 is 1.53 bits per heavy atom. The molecular weight excluding hydrogens is 223 g/mol. The monoisotopic (exact) mass is 242 g/mol. The van der Waals surface area contributed by atoms with Crippen LogP contribution in [0.25, 0.3) is 0 Å². The molecular formula is C10H19NaO3S. The van der Waals surface area contributed by atoms with E-state index in [1.807, 2.05) is 6.08 Å². The number of rotatable bonds is 2. The predicted molar refractivity (Wildman–Crippen MR) is 57.8 cm³/mol. The van der Waals surface area contributed by atoms with E-state index < -0.39 is 15.4 Å². The number of allylic oxidation sites excluding steroid dienone is 1. The fraction of sp³-hybridized carbons (Fsp3) is 0.800. The van der Waals surface area contributed by atoms with Gasteiger partial charge in [-0.2, -0.15) is 8.42 Å². The van der Waals surface area contributed by atoms with Gasteiger partial charge in [-0.15, -0.1) is 0 Å². The fourth-order valence-electron chi connectivity index (χ4n) is 1.93. The van der Waals surface area contributed by atoms with Crippen molar-refractivity contribution in [2.75, 3.05) is 0 Å². The van der Waals surface area contributed by atoms with Gasteiger partial charge in [0, 0.05) is 0 Å². The van der Waals surface area contributed by atoms with Crippen LogP contribution < -0.4 is 29.6 Å². The van der Waals surface area contributed by atoms with Crippen molar-refractivity contribution in [1.29, 1.82) is 0 Å². The molecule has 5 heteroatoms. The summed E-state index contributed by atoms with van der Waals surface area (Å²) in [5.74, 6) is 0.828. The molecule has 0 aromatic rings. The van der Waals surface area contributed by atoms with E-state index in [1.54, 1.807) is 6.92 Å². The van der Waals surface area contributed by atoms with Gasteiger partial charge in [0.1, 0.15) is 5.25 Å². The van der Waals surface area contributed by atoms with Gasteiger partial charge in [-0.1, -0.05) is 25.5 Å². The smallest absolute Gasteiger partial charge is 1.00 e. The van der Waals surface area contributed by atoms with Gasteiger partial charge >= 0.3 is 29.6 Å². The Kier molecular flexibility index (Phi) is 6.08. The Labute approximate surface area is 116 Å². The van der Waals surface area contributed by atoms with Crippen LogP contribution in [0.15, 0.2) is 11.6 Å². The summed E-state index contributed by atoms with van der Waals surface area (Å²) in [6.07, 6.45) is 3.42. The molecule has 2 unspecified atom stereocenters. The van der Waals surface area contributed by atoms with E-state index in [9.17, 15) is 8.42 Å². The molecule has 0 saturated carbocycles. The predicted octanol–water partition coefficient (Wildman–Crippen LogP) is -0.628. The third-order valence-electron chi connectivity index (χ3n) is 3.07. The molecule has 84 valence electrons. The zero-order valence-electron chi connectivity index (χ0n) is 10.9. The van der Waals surface area contributed by atoms with Crippen LogP contribution in [-0.2, 0) is 10.1 Å². The van der Waals surface area contributed by atoms with E-state index in [0.29, 0.717) is 18.3 Å². The Morgan fingerprint density at radius 2 is 2.07 bits per heavy atom. The van der Waals surface area contributed by atoms with Gasteiger partial charge in [0.05, 0.1) is 0 Å². The SMILES string of the molecule is CC1=CCC(C(C)C)CC1S(=O)(=O)O.[H-].[Na+]. The molecule has 0 fully saturated rings. The van der Waals surface area contributed by atoms with Crippen molar-refractivity contribution in [2.45, 2.75) is 38.9 Å². The first-order valence-corrected chi connectivity index (χ1v) is 6.45. The van der Waals surface area contributed by atoms with Crippen LogP contribution in [0.3, 0.4) is 0 Å². The first kappa shape index (κ1) is 15.7. The van der Waals surface area contributed by atoms with E-state index in [-0.39, 0.29) is 31.0 Å². The molecule has 1 N–H and O–H groups in total. The summed E-state index contributed by atoms with van der Waals surface area (Å²) in [6.45, 7) is 5.94. The standard InChI is InChI=1S/C10H18O3S.Na.H/c1-7(2)9-5-4-8(3)10(6-9)14(11,12)13;;/h4,7,9-10H,5-6H2,1-3H3,(H,11,12,13);;/q;+1;-1. The van der Waals surface area contributed by atoms with Crippen molar-refractivity contribution < 1.29 is 44.0 Å². The summed E-state index contributed by atoms with van der Waals surface area (Å²) in [7, 11) is -3.91. The molecule has 1 rings (SSSR count). The van der Waals surface area contributed by atoms with E-state index in [4.69, 9.17) is 4.55 Å². The molecule has 2 atom stereocenters. The Balaban J connectivity index is 0. The summed E-state index contributed by atoms with van der Waals surface area (Å²) >= 11 is 0. The molecule has 0 aromatic carbocycles. The maximum atomic E-state index is 11.1. The minimum Gasteiger partial charge on any atom is -1.00 e. The van der Waals surface area contributed by atoms with E-state index in [0.717, 1.165) is 12.0 Å². The van der Waals surface area contributed by atoms with Crippen LogP contribution >= 0.6 is 0 Å². The van der Waals surface area contributed by atoms with Gasteiger partial charge in [-0.25, -0.2) is 0 Å². The summed E-state index contributed by atoms with van der Waals surface area (Å²) < 4.78 is 31.2. The van der Waals surface area contributed by atoms with Gasteiger partial charge in [0.15, 0.2) is 0 Å². The summed E-state index contributed by atoms with van der Waals surface area (Å²) in [5, 5.41) is -0.677. The molecule has 15 heavy (non-hydrogen) atoms. The molecule has 0 heterocycles. The molecule has 0 aromatic heterocycles. The quantitative estimate of drug-likeness (QED) is 0.398. The Hall–Kier alpha value is 0.650. The zero-order valence-corrected chi connectivity index (χ0v) is 12.7. The molecule has 0 saturated heterocycles. The Bertz CT molecular complexity index is 338. The largest absolute Gasteiger partial charge is 1.00 e. The van der Waals surface area contributed by atoms with Crippen LogP contribution in [0.1, 0.15) is 35.0 Å². The molecule has 0 aliphatic heterocycles. The topological polar surface area (TPSA) is 54.4 Å². The maximum absolute atomic E-state index is 11.1. The van der Waals surface area contributed by atoms with Crippen molar-refractivity contribution in [1.82, 2.24) is 0 Å². The van der Waals surface area contributed by atoms with Crippen molar-refractivity contribution in [2.24, 2.45) is 11.8 Å². The van der Waals surface area contributed by atoms with Gasteiger partial charge in [0.2, 0.25) is 0 Å². The second-order valence-electron chi connectivity index (χ2n) is 4.43. The first-order chi connectivity index (χ1) is 6.32. The molecule has 0 bridgehead atoms. The second-order valence-corrected chi connectivity index (χ2v) is 6.03. The summed E-state index contributed by atoms with van der Waals surface area (Å²) in [4.78, 5) is 0. The van der Waals surface area contributed by atoms with Gasteiger partial charge in [0.25, 0.3) is 10.1 Å². The Morgan fingerprint density at radius 3 is 2.47 bits per heavy atom. The molecule has 0 radical (unpaired) electrons. The van der Waals surface area contributed by atoms with E-state index in [2.05, 4.69) is 13.8 Å². The van der Waals surface area contributed by atoms with Crippen molar-refractivity contribution in [3.05, 3.63) is 11.6 Å². The third-order valence-corrected chi connectivity index (χ3v) is 4.35. The molecule has 0 amide bonds. The minimum atomic E-state index is -3.91. The maximum Gasteiger partial charge on any atom is 1.00 e. The van der Waals surface area contributed by atoms with Crippen LogP contribution in [0.5, 0.6) is 0 Å². The fourth-order valence-corrected chi connectivity index (χ4v) is 2.98. The molecule has 3 nitrogen and oxygen atoms in total. The van der Waals surface area contributed by atoms with Gasteiger partial charge in [-0.3, -0.25) is 4.55 Å². The average molecular weight is 242 g/mol. The van der Waals surface area contributed by atoms with Gasteiger partial charge < -0.3 is 1.43 Å². The van der Waals surface area contributed by atoms with Crippen molar-refractivity contribution >= 4 is 10.1 Å². The average Bonchev–Trinajstić information content (AvgIpc) is 2.02. The molecule has 0 spiro atoms. The number of hydrogen-bond donors (Lipinski definition) is 1.